The first-order chi connectivity index (χ1) is 31.2. The van der Waals surface area contributed by atoms with Crippen LogP contribution in [-0.4, -0.2) is 24.9 Å². The van der Waals surface area contributed by atoms with E-state index in [1.807, 2.05) is 91.1 Å². The minimum atomic E-state index is 0.608. The van der Waals surface area contributed by atoms with E-state index in [1.54, 1.807) is 0 Å². The molecule has 0 radical (unpaired) electrons. The number of para-hydroxylation sites is 1. The van der Waals surface area contributed by atoms with Crippen LogP contribution >= 0.6 is 0 Å². The molecule has 6 nitrogen and oxygen atoms in total. The van der Waals surface area contributed by atoms with Gasteiger partial charge in [-0.15, -0.1) is 0 Å². The van der Waals surface area contributed by atoms with Crippen LogP contribution in [0.15, 0.2) is 217 Å². The van der Waals surface area contributed by atoms with Gasteiger partial charge in [0.15, 0.2) is 17.5 Å². The van der Waals surface area contributed by atoms with Crippen LogP contribution in [0.5, 0.6) is 0 Å². The molecule has 0 N–H and O–H groups in total. The summed E-state index contributed by atoms with van der Waals surface area (Å²) in [4.78, 5) is 25.2. The molecule has 0 bridgehead atoms. The average molecular weight is 806 g/mol. The summed E-state index contributed by atoms with van der Waals surface area (Å²) >= 11 is 0. The molecule has 4 aromatic heterocycles. The van der Waals surface area contributed by atoms with Crippen LogP contribution in [0.4, 0.5) is 0 Å². The number of benzene rings is 8. The molecule has 0 aliphatic rings. The number of aromatic nitrogens is 5. The summed E-state index contributed by atoms with van der Waals surface area (Å²) in [7, 11) is 0. The van der Waals surface area contributed by atoms with E-state index in [0.29, 0.717) is 17.5 Å². The molecule has 4 heterocycles. The van der Waals surface area contributed by atoms with Gasteiger partial charge in [0.1, 0.15) is 11.2 Å². The minimum absolute atomic E-state index is 0.608. The molecule has 0 amide bonds. The predicted molar refractivity (Wildman–Crippen MR) is 256 cm³/mol. The zero-order valence-corrected chi connectivity index (χ0v) is 33.9. The van der Waals surface area contributed by atoms with E-state index in [1.165, 1.54) is 0 Å². The number of hydrogen-bond acceptors (Lipinski definition) is 6. The third-order valence-electron chi connectivity index (χ3n) is 11.8. The maximum Gasteiger partial charge on any atom is 0.164 e. The molecule has 12 rings (SSSR count). The molecule has 63 heavy (non-hydrogen) atoms. The lowest BCUT2D eigenvalue weighted by Crippen LogP contribution is -2.00. The Kier molecular flexibility index (Phi) is 8.71. The van der Waals surface area contributed by atoms with E-state index in [2.05, 4.69) is 121 Å². The highest BCUT2D eigenvalue weighted by atomic mass is 16.3. The fourth-order valence-corrected chi connectivity index (χ4v) is 8.69. The van der Waals surface area contributed by atoms with Crippen LogP contribution < -0.4 is 0 Å². The Bertz CT molecular complexity index is 3600. The monoisotopic (exact) mass is 805 g/mol. The Hall–Kier alpha value is -8.61. The predicted octanol–water partition coefficient (Wildman–Crippen LogP) is 14.5. The molecule has 0 unspecified atom stereocenters. The summed E-state index contributed by atoms with van der Waals surface area (Å²) in [5.74, 6) is 1.86. The van der Waals surface area contributed by atoms with Gasteiger partial charge in [-0.1, -0.05) is 164 Å². The summed E-state index contributed by atoms with van der Waals surface area (Å²) in [6.07, 6.45) is 1.85. The van der Waals surface area contributed by atoms with Gasteiger partial charge in [-0.2, -0.15) is 0 Å². The number of rotatable bonds is 7. The third-order valence-corrected chi connectivity index (χ3v) is 11.8. The molecule has 8 aromatic carbocycles. The highest BCUT2D eigenvalue weighted by molar-refractivity contribution is 6.13. The first-order valence-corrected chi connectivity index (χ1v) is 21.0. The lowest BCUT2D eigenvalue weighted by molar-refractivity contribution is 0.669. The van der Waals surface area contributed by atoms with Gasteiger partial charge in [0.25, 0.3) is 0 Å². The van der Waals surface area contributed by atoms with Gasteiger partial charge in [-0.05, 0) is 75.8 Å². The van der Waals surface area contributed by atoms with E-state index in [4.69, 9.17) is 29.3 Å². The molecule has 0 saturated heterocycles. The molecule has 0 fully saturated rings. The van der Waals surface area contributed by atoms with E-state index < -0.39 is 0 Å². The van der Waals surface area contributed by atoms with Gasteiger partial charge in [0.2, 0.25) is 0 Å². The summed E-state index contributed by atoms with van der Waals surface area (Å²) in [6, 6.07) is 71.1. The topological polar surface area (TPSA) is 77.6 Å². The largest absolute Gasteiger partial charge is 0.456 e. The first-order valence-electron chi connectivity index (χ1n) is 21.0. The van der Waals surface area contributed by atoms with Crippen molar-refractivity contribution in [1.29, 1.82) is 0 Å². The summed E-state index contributed by atoms with van der Waals surface area (Å²) < 4.78 is 6.39. The van der Waals surface area contributed by atoms with Crippen molar-refractivity contribution >= 4 is 43.7 Å². The van der Waals surface area contributed by atoms with Gasteiger partial charge in [-0.3, -0.25) is 4.98 Å². The van der Waals surface area contributed by atoms with Crippen LogP contribution in [0.3, 0.4) is 0 Å². The Morgan fingerprint density at radius 1 is 0.317 bits per heavy atom. The van der Waals surface area contributed by atoms with Crippen LogP contribution in [0.25, 0.3) is 123 Å². The van der Waals surface area contributed by atoms with Crippen molar-refractivity contribution in [2.75, 3.05) is 0 Å². The standard InChI is InChI=1S/C57H35N5O/c1-4-14-37(15-5-1)48-35-49(59-54-46(48)30-29-38-20-13-31-58-53(38)54)44-33-42(32-43(34-44)45-22-12-24-51-52(45)47-21-10-11-23-50(47)63-51)36-25-27-41(28-26-36)57-61-55(39-16-6-2-7-17-39)60-56(62-57)40-18-8-3-9-19-40/h1-35H. The Morgan fingerprint density at radius 3 is 1.62 bits per heavy atom. The molecular weight excluding hydrogens is 771 g/mol. The molecule has 0 atom stereocenters. The summed E-state index contributed by atoms with van der Waals surface area (Å²) in [5, 5.41) is 4.26. The van der Waals surface area contributed by atoms with E-state index in [-0.39, 0.29) is 0 Å². The maximum atomic E-state index is 6.39. The number of fused-ring (bicyclic) bond motifs is 6. The van der Waals surface area contributed by atoms with Gasteiger partial charge >= 0.3 is 0 Å². The first kappa shape index (κ1) is 36.3. The third kappa shape index (κ3) is 6.58. The van der Waals surface area contributed by atoms with Gasteiger partial charge in [-0.25, -0.2) is 19.9 Å². The highest BCUT2D eigenvalue weighted by Crippen LogP contribution is 2.42. The number of furan rings is 1. The molecule has 294 valence electrons. The zero-order valence-electron chi connectivity index (χ0n) is 33.9. The van der Waals surface area contributed by atoms with Crippen molar-refractivity contribution in [3.05, 3.63) is 212 Å². The number of nitrogens with zero attached hydrogens (tertiary/aromatic N) is 5. The summed E-state index contributed by atoms with van der Waals surface area (Å²) in [6.45, 7) is 0. The smallest absolute Gasteiger partial charge is 0.164 e. The van der Waals surface area contributed by atoms with Crippen LogP contribution in [-0.2, 0) is 0 Å². The fourth-order valence-electron chi connectivity index (χ4n) is 8.69. The average Bonchev–Trinajstić information content (AvgIpc) is 3.76. The van der Waals surface area contributed by atoms with Gasteiger partial charge < -0.3 is 4.42 Å². The molecule has 0 spiro atoms. The lowest BCUT2D eigenvalue weighted by Gasteiger charge is -2.15. The maximum absolute atomic E-state index is 6.39. The number of hydrogen-bond donors (Lipinski definition) is 0. The van der Waals surface area contributed by atoms with Crippen molar-refractivity contribution in [3.8, 4) is 78.8 Å². The number of pyridine rings is 2. The second kappa shape index (κ2) is 15.1. The fraction of sp³-hybridized carbons (Fsp3) is 0. The Morgan fingerprint density at radius 2 is 0.905 bits per heavy atom. The Balaban J connectivity index is 1.06. The summed E-state index contributed by atoms with van der Waals surface area (Å²) in [5.41, 5.74) is 14.5. The van der Waals surface area contributed by atoms with Gasteiger partial charge in [0.05, 0.1) is 16.7 Å². The van der Waals surface area contributed by atoms with Crippen molar-refractivity contribution in [3.63, 3.8) is 0 Å². The molecule has 12 aromatic rings. The second-order valence-electron chi connectivity index (χ2n) is 15.6. The molecule has 0 aliphatic carbocycles. The Labute approximate surface area is 362 Å². The van der Waals surface area contributed by atoms with Crippen molar-refractivity contribution in [2.45, 2.75) is 0 Å². The van der Waals surface area contributed by atoms with E-state index in [0.717, 1.165) is 105 Å². The van der Waals surface area contributed by atoms with Crippen molar-refractivity contribution in [1.82, 2.24) is 24.9 Å². The molecule has 0 aliphatic heterocycles. The van der Waals surface area contributed by atoms with Crippen LogP contribution in [0.1, 0.15) is 0 Å². The molecule has 0 saturated carbocycles. The zero-order chi connectivity index (χ0) is 41.7. The highest BCUT2D eigenvalue weighted by Gasteiger charge is 2.18. The normalized spacial score (nSPS) is 11.5. The minimum Gasteiger partial charge on any atom is -0.456 e. The lowest BCUT2D eigenvalue weighted by atomic mass is 9.91. The molecule has 6 heteroatoms. The van der Waals surface area contributed by atoms with E-state index >= 15 is 0 Å². The van der Waals surface area contributed by atoms with Gasteiger partial charge in [0, 0.05) is 50.0 Å². The van der Waals surface area contributed by atoms with Crippen molar-refractivity contribution in [2.24, 2.45) is 0 Å². The van der Waals surface area contributed by atoms with Crippen LogP contribution in [0.2, 0.25) is 0 Å². The molecular formula is C57H35N5O. The second-order valence-corrected chi connectivity index (χ2v) is 15.6. The SMILES string of the molecule is c1ccc(-c2nc(-c3ccccc3)nc(-c3ccc(-c4cc(-c5cc(-c6ccccc6)c6ccc7cccnc7c6n5)cc(-c5cccc6oc7ccccc7c56)c4)cc3)n2)cc1. The van der Waals surface area contributed by atoms with E-state index in [9.17, 15) is 0 Å². The van der Waals surface area contributed by atoms with Crippen molar-refractivity contribution < 1.29 is 4.42 Å². The quantitative estimate of drug-likeness (QED) is 0.149. The van der Waals surface area contributed by atoms with Crippen LogP contribution in [0, 0.1) is 0 Å².